The highest BCUT2D eigenvalue weighted by molar-refractivity contribution is 9.10. The van der Waals surface area contributed by atoms with Crippen molar-refractivity contribution < 1.29 is 14.3 Å². The van der Waals surface area contributed by atoms with Crippen LogP contribution in [0.4, 0.5) is 5.69 Å². The van der Waals surface area contributed by atoms with E-state index in [0.29, 0.717) is 41.2 Å². The minimum absolute atomic E-state index is 0.127. The standard InChI is InChI=1S/C17H15BrN4O3S/c1-9-11(18)7-12-16(19-9)22-17(21-12)26-8-15(23)20-10-2-3-13-14(6-10)25-5-4-24-13/h2-3,6-7H,4-5,8H2,1H3,(H,20,23)(H,19,21,22). The SMILES string of the molecule is Cc1nc2nc(SCC(=O)Nc3ccc4c(c3)OCCO4)[nH]c2cc1Br. The van der Waals surface area contributed by atoms with Crippen LogP contribution in [0.1, 0.15) is 5.69 Å². The predicted octanol–water partition coefficient (Wildman–Crippen LogP) is 3.53. The Bertz CT molecular complexity index is 953. The number of pyridine rings is 1. The summed E-state index contributed by atoms with van der Waals surface area (Å²) in [7, 11) is 0. The van der Waals surface area contributed by atoms with Crippen LogP contribution in [0.2, 0.25) is 0 Å². The Kier molecular flexibility index (Phi) is 4.73. The van der Waals surface area contributed by atoms with Crippen LogP contribution >= 0.6 is 27.7 Å². The second-order valence-corrected chi connectivity index (χ2v) is 7.48. The van der Waals surface area contributed by atoms with Crippen LogP contribution in [-0.2, 0) is 4.79 Å². The van der Waals surface area contributed by atoms with Gasteiger partial charge in [0.2, 0.25) is 5.91 Å². The maximum absolute atomic E-state index is 12.2. The molecular formula is C17H15BrN4O3S. The highest BCUT2D eigenvalue weighted by Crippen LogP contribution is 2.32. The third kappa shape index (κ3) is 3.63. The molecule has 2 N–H and O–H groups in total. The van der Waals surface area contributed by atoms with Crippen LogP contribution in [0, 0.1) is 6.92 Å². The molecule has 1 amide bonds. The molecule has 0 fully saturated rings. The largest absolute Gasteiger partial charge is 0.486 e. The number of fused-ring (bicyclic) bond motifs is 2. The van der Waals surface area contributed by atoms with Crippen LogP contribution in [-0.4, -0.2) is 39.8 Å². The fourth-order valence-corrected chi connectivity index (χ4v) is 3.50. The molecule has 2 aromatic heterocycles. The van der Waals surface area contributed by atoms with E-state index in [1.165, 1.54) is 11.8 Å². The van der Waals surface area contributed by atoms with E-state index in [0.717, 1.165) is 15.7 Å². The molecule has 3 aromatic rings. The zero-order chi connectivity index (χ0) is 18.1. The lowest BCUT2D eigenvalue weighted by molar-refractivity contribution is -0.113. The summed E-state index contributed by atoms with van der Waals surface area (Å²) < 4.78 is 11.9. The molecule has 134 valence electrons. The molecule has 7 nitrogen and oxygen atoms in total. The number of halogens is 1. The van der Waals surface area contributed by atoms with Gasteiger partial charge in [0.25, 0.3) is 0 Å². The van der Waals surface area contributed by atoms with Gasteiger partial charge in [0.1, 0.15) is 13.2 Å². The zero-order valence-corrected chi connectivity index (χ0v) is 16.2. The highest BCUT2D eigenvalue weighted by Gasteiger charge is 2.14. The molecule has 0 radical (unpaired) electrons. The minimum Gasteiger partial charge on any atom is -0.486 e. The normalized spacial score (nSPS) is 13.0. The summed E-state index contributed by atoms with van der Waals surface area (Å²) in [6.45, 7) is 2.96. The molecule has 0 bridgehead atoms. The maximum atomic E-state index is 12.2. The Morgan fingerprint density at radius 1 is 1.27 bits per heavy atom. The summed E-state index contributed by atoms with van der Waals surface area (Å²) in [5.41, 5.74) is 3.01. The Labute approximate surface area is 162 Å². The number of anilines is 1. The first kappa shape index (κ1) is 17.2. The first-order valence-corrected chi connectivity index (χ1v) is 9.71. The number of aryl methyl sites for hydroxylation is 1. The molecule has 0 spiro atoms. The number of nitrogens with zero attached hydrogens (tertiary/aromatic N) is 2. The summed E-state index contributed by atoms with van der Waals surface area (Å²) in [6.07, 6.45) is 0. The smallest absolute Gasteiger partial charge is 0.234 e. The molecule has 4 rings (SSSR count). The number of amides is 1. The molecule has 0 atom stereocenters. The van der Waals surface area contributed by atoms with Gasteiger partial charge in [0.15, 0.2) is 22.3 Å². The molecule has 1 aromatic carbocycles. The summed E-state index contributed by atoms with van der Waals surface area (Å²) in [4.78, 5) is 24.2. The van der Waals surface area contributed by atoms with Crippen LogP contribution in [0.25, 0.3) is 11.2 Å². The van der Waals surface area contributed by atoms with Crippen molar-refractivity contribution in [1.29, 1.82) is 0 Å². The lowest BCUT2D eigenvalue weighted by Gasteiger charge is -2.18. The summed E-state index contributed by atoms with van der Waals surface area (Å²) in [5.74, 6) is 1.44. The van der Waals surface area contributed by atoms with Gasteiger partial charge in [-0.05, 0) is 41.1 Å². The van der Waals surface area contributed by atoms with Crippen molar-refractivity contribution in [3.63, 3.8) is 0 Å². The number of nitrogens with one attached hydrogen (secondary N) is 2. The van der Waals surface area contributed by atoms with Gasteiger partial charge in [-0.3, -0.25) is 4.79 Å². The number of H-pyrrole nitrogens is 1. The molecule has 0 unspecified atom stereocenters. The van der Waals surface area contributed by atoms with Crippen LogP contribution in [0.5, 0.6) is 11.5 Å². The van der Waals surface area contributed by atoms with Gasteiger partial charge in [-0.25, -0.2) is 9.97 Å². The molecule has 1 aliphatic heterocycles. The predicted molar refractivity (Wildman–Crippen MR) is 103 cm³/mol. The van der Waals surface area contributed by atoms with Gasteiger partial charge in [-0.2, -0.15) is 0 Å². The Morgan fingerprint density at radius 3 is 2.92 bits per heavy atom. The number of ether oxygens (including phenoxy) is 2. The number of benzene rings is 1. The number of hydrogen-bond acceptors (Lipinski definition) is 6. The fraction of sp³-hybridized carbons (Fsp3) is 0.235. The van der Waals surface area contributed by atoms with Gasteiger partial charge in [0, 0.05) is 16.2 Å². The van der Waals surface area contributed by atoms with Crippen molar-refractivity contribution in [3.05, 3.63) is 34.4 Å². The lowest BCUT2D eigenvalue weighted by atomic mass is 10.2. The maximum Gasteiger partial charge on any atom is 0.234 e. The van der Waals surface area contributed by atoms with Crippen molar-refractivity contribution in [3.8, 4) is 11.5 Å². The Balaban J connectivity index is 1.39. The number of aromatic nitrogens is 3. The van der Waals surface area contributed by atoms with E-state index < -0.39 is 0 Å². The van der Waals surface area contributed by atoms with Crippen LogP contribution < -0.4 is 14.8 Å². The van der Waals surface area contributed by atoms with E-state index in [2.05, 4.69) is 36.2 Å². The van der Waals surface area contributed by atoms with Crippen molar-refractivity contribution in [2.24, 2.45) is 0 Å². The minimum atomic E-state index is -0.127. The van der Waals surface area contributed by atoms with E-state index in [1.807, 2.05) is 13.0 Å². The number of carbonyl (C=O) groups excluding carboxylic acids is 1. The van der Waals surface area contributed by atoms with Gasteiger partial charge in [0.05, 0.1) is 17.0 Å². The Hall–Kier alpha value is -2.26. The molecular weight excluding hydrogens is 420 g/mol. The molecule has 26 heavy (non-hydrogen) atoms. The van der Waals surface area contributed by atoms with Crippen LogP contribution in [0.3, 0.4) is 0 Å². The summed E-state index contributed by atoms with van der Waals surface area (Å²) in [6, 6.07) is 7.29. The molecule has 0 saturated carbocycles. The molecule has 0 saturated heterocycles. The molecule has 9 heteroatoms. The van der Waals surface area contributed by atoms with Gasteiger partial charge >= 0.3 is 0 Å². The second-order valence-electron chi connectivity index (χ2n) is 5.66. The Morgan fingerprint density at radius 2 is 2.08 bits per heavy atom. The average molecular weight is 435 g/mol. The average Bonchev–Trinajstić information content (AvgIpc) is 3.02. The van der Waals surface area contributed by atoms with Crippen molar-refractivity contribution in [2.75, 3.05) is 24.3 Å². The van der Waals surface area contributed by atoms with Crippen LogP contribution in [0.15, 0.2) is 33.9 Å². The van der Waals surface area contributed by atoms with E-state index in [4.69, 9.17) is 9.47 Å². The quantitative estimate of drug-likeness (QED) is 0.610. The molecule has 0 aliphatic carbocycles. The number of rotatable bonds is 4. The van der Waals surface area contributed by atoms with Gasteiger partial charge < -0.3 is 19.8 Å². The number of hydrogen-bond donors (Lipinski definition) is 2. The third-order valence-corrected chi connectivity index (χ3v) is 5.42. The lowest BCUT2D eigenvalue weighted by Crippen LogP contribution is -2.17. The third-order valence-electron chi connectivity index (χ3n) is 3.75. The first-order chi connectivity index (χ1) is 12.6. The number of thioether (sulfide) groups is 1. The van der Waals surface area contributed by atoms with E-state index in [1.54, 1.807) is 18.2 Å². The topological polar surface area (TPSA) is 89.1 Å². The zero-order valence-electron chi connectivity index (χ0n) is 13.8. The van der Waals surface area contributed by atoms with E-state index >= 15 is 0 Å². The monoisotopic (exact) mass is 434 g/mol. The van der Waals surface area contributed by atoms with Crippen molar-refractivity contribution in [2.45, 2.75) is 12.1 Å². The van der Waals surface area contributed by atoms with Gasteiger partial charge in [-0.15, -0.1) is 0 Å². The number of aromatic amines is 1. The summed E-state index contributed by atoms with van der Waals surface area (Å²) >= 11 is 4.77. The van der Waals surface area contributed by atoms with Crippen molar-refractivity contribution >= 4 is 50.5 Å². The van der Waals surface area contributed by atoms with Gasteiger partial charge in [-0.1, -0.05) is 11.8 Å². The summed E-state index contributed by atoms with van der Waals surface area (Å²) in [5, 5.41) is 3.51. The van der Waals surface area contributed by atoms with Crippen molar-refractivity contribution in [1.82, 2.24) is 15.0 Å². The highest BCUT2D eigenvalue weighted by atomic mass is 79.9. The van der Waals surface area contributed by atoms with E-state index in [-0.39, 0.29) is 11.7 Å². The molecule has 1 aliphatic rings. The fourth-order valence-electron chi connectivity index (χ4n) is 2.51. The van der Waals surface area contributed by atoms with E-state index in [9.17, 15) is 4.79 Å². The number of imidazole rings is 1. The number of carbonyl (C=O) groups is 1. The molecule has 3 heterocycles. The first-order valence-electron chi connectivity index (χ1n) is 7.93. The second kappa shape index (κ2) is 7.16.